The normalized spacial score (nSPS) is 20.5. The molecule has 0 aromatic carbocycles. The zero-order chi connectivity index (χ0) is 19.9. The van der Waals surface area contributed by atoms with Gasteiger partial charge in [-0.05, 0) is 26.2 Å². The lowest BCUT2D eigenvalue weighted by Gasteiger charge is -2.21. The number of nitrogens with zero attached hydrogens (tertiary/aromatic N) is 5. The van der Waals surface area contributed by atoms with Crippen molar-refractivity contribution in [3.05, 3.63) is 22.5 Å². The highest BCUT2D eigenvalue weighted by Crippen LogP contribution is 2.27. The third kappa shape index (κ3) is 5.20. The maximum Gasteiger partial charge on any atom is 0.306 e. The number of hydrogen-bond acceptors (Lipinski definition) is 5. The number of rotatable bonds is 7. The lowest BCUT2D eigenvalue weighted by Crippen LogP contribution is -2.45. The minimum atomic E-state index is -0.461. The predicted molar refractivity (Wildman–Crippen MR) is 105 cm³/mol. The molecule has 0 spiro atoms. The molecule has 0 bridgehead atoms. The Morgan fingerprint density at radius 3 is 2.86 bits per heavy atom. The highest BCUT2D eigenvalue weighted by atomic mass is 16.6. The molecule has 1 unspecified atom stereocenters. The Kier molecular flexibility index (Phi) is 6.83. The van der Waals surface area contributed by atoms with Crippen molar-refractivity contribution in [2.24, 2.45) is 10.9 Å². The van der Waals surface area contributed by atoms with E-state index < -0.39 is 4.92 Å². The number of nitrogens with one attached hydrogen (secondary N) is 2. The number of aliphatic imine (C=N–C) groups is 1. The number of guanidine groups is 1. The van der Waals surface area contributed by atoms with Gasteiger partial charge in [0, 0.05) is 31.6 Å². The molecular formula is C18H29N7O3. The second kappa shape index (κ2) is 9.52. The fourth-order valence-electron chi connectivity index (χ4n) is 3.86. The summed E-state index contributed by atoms with van der Waals surface area (Å²) in [7, 11) is 0. The van der Waals surface area contributed by atoms with Crippen molar-refractivity contribution in [3.8, 4) is 0 Å². The molecule has 0 radical (unpaired) electrons. The van der Waals surface area contributed by atoms with Crippen LogP contribution in [-0.4, -0.2) is 63.7 Å². The van der Waals surface area contributed by atoms with E-state index >= 15 is 0 Å². The van der Waals surface area contributed by atoms with E-state index in [-0.39, 0.29) is 17.6 Å². The molecule has 1 saturated carbocycles. The first-order chi connectivity index (χ1) is 13.6. The molecule has 2 aliphatic rings. The fourth-order valence-corrected chi connectivity index (χ4v) is 3.86. The fraction of sp³-hybridized carbons (Fsp3) is 0.722. The molecule has 10 heteroatoms. The Morgan fingerprint density at radius 1 is 1.39 bits per heavy atom. The Bertz CT molecular complexity index is 712. The maximum absolute atomic E-state index is 12.6. The van der Waals surface area contributed by atoms with Gasteiger partial charge in [0.1, 0.15) is 12.4 Å². The van der Waals surface area contributed by atoms with Crippen molar-refractivity contribution < 1.29 is 9.72 Å². The molecule has 2 fully saturated rings. The Balaban J connectivity index is 1.48. The molecule has 28 heavy (non-hydrogen) atoms. The van der Waals surface area contributed by atoms with Gasteiger partial charge in [-0.25, -0.2) is 0 Å². The van der Waals surface area contributed by atoms with Gasteiger partial charge < -0.3 is 15.5 Å². The van der Waals surface area contributed by atoms with Gasteiger partial charge in [0.25, 0.3) is 0 Å². The molecule has 1 aliphatic carbocycles. The second-order valence-corrected chi connectivity index (χ2v) is 7.37. The third-order valence-electron chi connectivity index (χ3n) is 5.32. The zero-order valence-electron chi connectivity index (χ0n) is 16.3. The summed E-state index contributed by atoms with van der Waals surface area (Å²) in [6.45, 7) is 5.15. The van der Waals surface area contributed by atoms with Crippen LogP contribution in [0.15, 0.2) is 17.4 Å². The summed E-state index contributed by atoms with van der Waals surface area (Å²) in [6.07, 6.45) is 7.95. The lowest BCUT2D eigenvalue weighted by molar-refractivity contribution is -0.385. The van der Waals surface area contributed by atoms with Crippen LogP contribution >= 0.6 is 0 Å². The topological polar surface area (TPSA) is 118 Å². The standard InChI is InChI=1S/C18H29N7O3/c1-2-19-18(20-8-10-24-13-16(11-21-24)25(27)28)22-15-7-9-23(12-15)17(26)14-5-3-4-6-14/h11,13-15H,2-10,12H2,1H3,(H2,19,20,22). The molecule has 10 nitrogen and oxygen atoms in total. The first-order valence-electron chi connectivity index (χ1n) is 10.1. The Morgan fingerprint density at radius 2 is 2.18 bits per heavy atom. The van der Waals surface area contributed by atoms with Crippen LogP contribution in [-0.2, 0) is 11.3 Å². The van der Waals surface area contributed by atoms with E-state index in [4.69, 9.17) is 0 Å². The van der Waals surface area contributed by atoms with Crippen molar-refractivity contribution >= 4 is 17.6 Å². The van der Waals surface area contributed by atoms with Gasteiger partial charge in [0.2, 0.25) is 5.91 Å². The monoisotopic (exact) mass is 391 g/mol. The summed E-state index contributed by atoms with van der Waals surface area (Å²) in [4.78, 5) is 29.3. The molecule has 2 heterocycles. The lowest BCUT2D eigenvalue weighted by atomic mass is 10.1. The van der Waals surface area contributed by atoms with Crippen LogP contribution in [0, 0.1) is 16.0 Å². The molecule has 1 atom stereocenters. The van der Waals surface area contributed by atoms with Crippen molar-refractivity contribution in [2.45, 2.75) is 51.6 Å². The average Bonchev–Trinajstić information content (AvgIpc) is 3.43. The van der Waals surface area contributed by atoms with E-state index in [1.54, 1.807) is 0 Å². The predicted octanol–water partition coefficient (Wildman–Crippen LogP) is 1.14. The van der Waals surface area contributed by atoms with Gasteiger partial charge in [0.15, 0.2) is 5.96 Å². The van der Waals surface area contributed by atoms with E-state index in [0.29, 0.717) is 31.5 Å². The highest BCUT2D eigenvalue weighted by Gasteiger charge is 2.32. The van der Waals surface area contributed by atoms with Crippen LogP contribution in [0.5, 0.6) is 0 Å². The summed E-state index contributed by atoms with van der Waals surface area (Å²) >= 11 is 0. The minimum Gasteiger partial charge on any atom is -0.357 e. The molecule has 3 rings (SSSR count). The Hall–Kier alpha value is -2.65. The largest absolute Gasteiger partial charge is 0.357 e. The molecule has 1 saturated heterocycles. The number of nitro groups is 1. The van der Waals surface area contributed by atoms with Crippen LogP contribution < -0.4 is 10.6 Å². The van der Waals surface area contributed by atoms with Crippen molar-refractivity contribution in [2.75, 3.05) is 26.2 Å². The van der Waals surface area contributed by atoms with Crippen molar-refractivity contribution in [1.82, 2.24) is 25.3 Å². The molecule has 1 aliphatic heterocycles. The van der Waals surface area contributed by atoms with Crippen LogP contribution in [0.1, 0.15) is 39.0 Å². The van der Waals surface area contributed by atoms with E-state index in [1.807, 2.05) is 11.8 Å². The Labute approximate surface area is 164 Å². The van der Waals surface area contributed by atoms with Gasteiger partial charge in [-0.3, -0.25) is 24.6 Å². The highest BCUT2D eigenvalue weighted by molar-refractivity contribution is 5.81. The van der Waals surface area contributed by atoms with Crippen LogP contribution in [0.4, 0.5) is 5.69 Å². The van der Waals surface area contributed by atoms with Gasteiger partial charge >= 0.3 is 5.69 Å². The molecular weight excluding hydrogens is 362 g/mol. The smallest absolute Gasteiger partial charge is 0.306 e. The van der Waals surface area contributed by atoms with Crippen LogP contribution in [0.2, 0.25) is 0 Å². The molecule has 154 valence electrons. The molecule has 1 amide bonds. The number of carbonyl (C=O) groups is 1. The van der Waals surface area contributed by atoms with E-state index in [0.717, 1.165) is 32.4 Å². The van der Waals surface area contributed by atoms with Crippen LogP contribution in [0.25, 0.3) is 0 Å². The summed E-state index contributed by atoms with van der Waals surface area (Å²) in [5.41, 5.74) is -0.0213. The first kappa shape index (κ1) is 20.1. The number of hydrogen-bond donors (Lipinski definition) is 2. The summed E-state index contributed by atoms with van der Waals surface area (Å²) in [6, 6.07) is 0.189. The molecule has 2 N–H and O–H groups in total. The van der Waals surface area contributed by atoms with Gasteiger partial charge in [-0.1, -0.05) is 12.8 Å². The number of likely N-dealkylation sites (tertiary alicyclic amines) is 1. The molecule has 1 aromatic rings. The van der Waals surface area contributed by atoms with Crippen LogP contribution in [0.3, 0.4) is 0 Å². The van der Waals surface area contributed by atoms with E-state index in [2.05, 4.69) is 20.7 Å². The zero-order valence-corrected chi connectivity index (χ0v) is 16.3. The quantitative estimate of drug-likeness (QED) is 0.311. The number of aromatic nitrogens is 2. The molecule has 1 aromatic heterocycles. The van der Waals surface area contributed by atoms with E-state index in [1.165, 1.54) is 29.9 Å². The van der Waals surface area contributed by atoms with E-state index in [9.17, 15) is 14.9 Å². The van der Waals surface area contributed by atoms with Gasteiger partial charge in [-0.2, -0.15) is 5.10 Å². The maximum atomic E-state index is 12.6. The van der Waals surface area contributed by atoms with Crippen molar-refractivity contribution in [1.29, 1.82) is 0 Å². The summed E-state index contributed by atoms with van der Waals surface area (Å²) in [5, 5.41) is 21.3. The average molecular weight is 391 g/mol. The minimum absolute atomic E-state index is 0.0213. The first-order valence-corrected chi connectivity index (χ1v) is 10.1. The van der Waals surface area contributed by atoms with Gasteiger partial charge in [-0.15, -0.1) is 0 Å². The van der Waals surface area contributed by atoms with Gasteiger partial charge in [0.05, 0.1) is 18.0 Å². The third-order valence-corrected chi connectivity index (χ3v) is 5.32. The van der Waals surface area contributed by atoms with Crippen molar-refractivity contribution in [3.63, 3.8) is 0 Å². The summed E-state index contributed by atoms with van der Waals surface area (Å²) in [5.74, 6) is 1.23. The number of amides is 1. The number of carbonyl (C=O) groups excluding carboxylic acids is 1. The second-order valence-electron chi connectivity index (χ2n) is 7.37. The SMILES string of the molecule is CCNC(=NCCn1cc([N+](=O)[O-])cn1)NC1CCN(C(=O)C2CCCC2)C1. The summed E-state index contributed by atoms with van der Waals surface area (Å²) < 4.78 is 1.52.